The zero-order valence-electron chi connectivity index (χ0n) is 20.0. The highest BCUT2D eigenvalue weighted by Crippen LogP contribution is 2.45. The van der Waals surface area contributed by atoms with Crippen molar-refractivity contribution in [2.75, 3.05) is 53.6 Å². The number of ether oxygens (including phenoxy) is 3. The molecule has 2 fully saturated rings. The number of benzene rings is 1. The topological polar surface area (TPSA) is 43.0 Å². The van der Waals surface area contributed by atoms with Gasteiger partial charge in [-0.25, -0.2) is 0 Å². The Morgan fingerprint density at radius 3 is 2.48 bits per heavy atom. The lowest BCUT2D eigenvalue weighted by atomic mass is 9.74. The molecular weight excluding hydrogens is 388 g/mol. The molecule has 2 saturated heterocycles. The van der Waals surface area contributed by atoms with Gasteiger partial charge in [-0.3, -0.25) is 4.90 Å². The Labute approximate surface area is 188 Å². The molecule has 0 saturated carbocycles. The van der Waals surface area contributed by atoms with Crippen LogP contribution in [0.3, 0.4) is 0 Å². The summed E-state index contributed by atoms with van der Waals surface area (Å²) in [4.78, 5) is 2.73. The van der Waals surface area contributed by atoms with Gasteiger partial charge in [-0.2, -0.15) is 0 Å². The summed E-state index contributed by atoms with van der Waals surface area (Å²) in [5, 5.41) is 3.46. The number of nitrogens with one attached hydrogen (secondary N) is 1. The molecule has 3 aliphatic rings. The van der Waals surface area contributed by atoms with Gasteiger partial charge in [0.05, 0.1) is 14.2 Å². The minimum Gasteiger partial charge on any atom is -0.493 e. The monoisotopic (exact) mass is 430 g/mol. The number of fused-ring (bicyclic) bond motifs is 3. The molecule has 0 amide bonds. The van der Waals surface area contributed by atoms with Crippen molar-refractivity contribution in [2.24, 2.45) is 23.7 Å². The predicted molar refractivity (Wildman–Crippen MR) is 125 cm³/mol. The lowest BCUT2D eigenvalue weighted by Crippen LogP contribution is -2.47. The Kier molecular flexibility index (Phi) is 7.78. The van der Waals surface area contributed by atoms with E-state index < -0.39 is 0 Å². The molecule has 5 nitrogen and oxygen atoms in total. The Hall–Kier alpha value is -1.30. The van der Waals surface area contributed by atoms with E-state index in [1.807, 2.05) is 0 Å². The van der Waals surface area contributed by atoms with E-state index in [1.54, 1.807) is 14.2 Å². The van der Waals surface area contributed by atoms with Crippen LogP contribution in [-0.2, 0) is 11.2 Å². The molecule has 31 heavy (non-hydrogen) atoms. The van der Waals surface area contributed by atoms with E-state index in [4.69, 9.17) is 14.2 Å². The molecule has 5 heteroatoms. The van der Waals surface area contributed by atoms with Crippen LogP contribution in [0.5, 0.6) is 11.5 Å². The van der Waals surface area contributed by atoms with Crippen LogP contribution in [0.15, 0.2) is 12.1 Å². The van der Waals surface area contributed by atoms with Gasteiger partial charge in [0.15, 0.2) is 11.5 Å². The van der Waals surface area contributed by atoms with Crippen LogP contribution >= 0.6 is 0 Å². The molecule has 1 aromatic rings. The molecule has 1 N–H and O–H groups in total. The summed E-state index contributed by atoms with van der Waals surface area (Å²) in [5.74, 6) is 4.53. The first-order valence-corrected chi connectivity index (χ1v) is 12.4. The van der Waals surface area contributed by atoms with E-state index in [-0.39, 0.29) is 0 Å². The van der Waals surface area contributed by atoms with Gasteiger partial charge < -0.3 is 19.5 Å². The summed E-state index contributed by atoms with van der Waals surface area (Å²) >= 11 is 0. The van der Waals surface area contributed by atoms with Crippen molar-refractivity contribution in [3.63, 3.8) is 0 Å². The van der Waals surface area contributed by atoms with E-state index in [1.165, 1.54) is 43.4 Å². The molecule has 3 unspecified atom stereocenters. The predicted octanol–water partition coefficient (Wildman–Crippen LogP) is 4.30. The molecule has 0 aliphatic carbocycles. The second kappa shape index (κ2) is 10.5. The molecule has 0 spiro atoms. The van der Waals surface area contributed by atoms with E-state index in [0.29, 0.717) is 12.0 Å². The smallest absolute Gasteiger partial charge is 0.161 e. The van der Waals surface area contributed by atoms with Crippen LogP contribution in [0.2, 0.25) is 0 Å². The van der Waals surface area contributed by atoms with Crippen molar-refractivity contribution in [1.82, 2.24) is 10.2 Å². The van der Waals surface area contributed by atoms with Crippen molar-refractivity contribution in [3.8, 4) is 11.5 Å². The second-order valence-corrected chi connectivity index (χ2v) is 10.3. The molecule has 0 aromatic heterocycles. The Balaban J connectivity index is 1.48. The minimum absolute atomic E-state index is 0.472. The molecule has 4 rings (SSSR count). The number of rotatable bonds is 8. The van der Waals surface area contributed by atoms with Gasteiger partial charge in [0.1, 0.15) is 0 Å². The third-order valence-corrected chi connectivity index (χ3v) is 7.69. The van der Waals surface area contributed by atoms with Crippen LogP contribution in [-0.4, -0.2) is 58.5 Å². The van der Waals surface area contributed by atoms with Crippen molar-refractivity contribution >= 4 is 0 Å². The quantitative estimate of drug-likeness (QED) is 0.666. The van der Waals surface area contributed by atoms with E-state index in [9.17, 15) is 0 Å². The first-order valence-electron chi connectivity index (χ1n) is 12.4. The normalized spacial score (nSPS) is 27.1. The van der Waals surface area contributed by atoms with Crippen LogP contribution in [0.4, 0.5) is 0 Å². The molecule has 3 heterocycles. The second-order valence-electron chi connectivity index (χ2n) is 10.3. The fraction of sp³-hybridized carbons (Fsp3) is 0.769. The summed E-state index contributed by atoms with van der Waals surface area (Å²) in [6.45, 7) is 11.2. The highest BCUT2D eigenvalue weighted by atomic mass is 16.5. The van der Waals surface area contributed by atoms with Gasteiger partial charge >= 0.3 is 0 Å². The fourth-order valence-electron chi connectivity index (χ4n) is 6.02. The first kappa shape index (κ1) is 22.9. The number of nitrogens with zero attached hydrogens (tertiary/aromatic N) is 1. The van der Waals surface area contributed by atoms with Crippen LogP contribution in [0, 0.1) is 23.7 Å². The van der Waals surface area contributed by atoms with Crippen molar-refractivity contribution < 1.29 is 14.2 Å². The van der Waals surface area contributed by atoms with Crippen LogP contribution < -0.4 is 14.8 Å². The van der Waals surface area contributed by atoms with Gasteiger partial charge in [0.25, 0.3) is 0 Å². The molecule has 0 radical (unpaired) electrons. The molecule has 0 bridgehead atoms. The maximum absolute atomic E-state index is 6.38. The van der Waals surface area contributed by atoms with Gasteiger partial charge in [-0.15, -0.1) is 0 Å². The van der Waals surface area contributed by atoms with Gasteiger partial charge in [-0.05, 0) is 92.1 Å². The Morgan fingerprint density at radius 1 is 1.03 bits per heavy atom. The summed E-state index contributed by atoms with van der Waals surface area (Å²) in [6.07, 6.45) is 6.09. The average Bonchev–Trinajstić information content (AvgIpc) is 2.78. The van der Waals surface area contributed by atoms with E-state index in [2.05, 4.69) is 36.2 Å². The SMILES string of the molecule is COc1cc2c(cc1OC)C1CC(COCC3CCNCC3)C(CC(C)C)CN1CC2. The van der Waals surface area contributed by atoms with E-state index in [0.717, 1.165) is 68.5 Å². The molecular formula is C26H42N2O3. The van der Waals surface area contributed by atoms with Gasteiger partial charge in [0.2, 0.25) is 0 Å². The van der Waals surface area contributed by atoms with Crippen LogP contribution in [0.1, 0.15) is 56.7 Å². The largest absolute Gasteiger partial charge is 0.493 e. The minimum atomic E-state index is 0.472. The summed E-state index contributed by atoms with van der Waals surface area (Å²) < 4.78 is 17.6. The summed E-state index contributed by atoms with van der Waals surface area (Å²) in [6, 6.07) is 4.91. The zero-order valence-corrected chi connectivity index (χ0v) is 20.0. The Morgan fingerprint density at radius 2 is 1.77 bits per heavy atom. The summed E-state index contributed by atoms with van der Waals surface area (Å²) in [5.41, 5.74) is 2.87. The molecule has 174 valence electrons. The lowest BCUT2D eigenvalue weighted by molar-refractivity contribution is -0.0151. The third-order valence-electron chi connectivity index (χ3n) is 7.69. The molecule has 3 atom stereocenters. The third kappa shape index (κ3) is 5.37. The number of hydrogen-bond acceptors (Lipinski definition) is 5. The molecule has 3 aliphatic heterocycles. The average molecular weight is 431 g/mol. The zero-order chi connectivity index (χ0) is 21.8. The van der Waals surface area contributed by atoms with Crippen molar-refractivity contribution in [3.05, 3.63) is 23.3 Å². The lowest BCUT2D eigenvalue weighted by Gasteiger charge is -2.48. The maximum atomic E-state index is 6.38. The fourth-order valence-corrected chi connectivity index (χ4v) is 6.02. The van der Waals surface area contributed by atoms with Gasteiger partial charge in [-0.1, -0.05) is 13.8 Å². The highest BCUT2D eigenvalue weighted by molar-refractivity contribution is 5.49. The molecule has 1 aromatic carbocycles. The van der Waals surface area contributed by atoms with Crippen molar-refractivity contribution in [2.45, 2.75) is 52.0 Å². The van der Waals surface area contributed by atoms with Crippen molar-refractivity contribution in [1.29, 1.82) is 0 Å². The van der Waals surface area contributed by atoms with Crippen LogP contribution in [0.25, 0.3) is 0 Å². The number of piperidine rings is 2. The van der Waals surface area contributed by atoms with E-state index >= 15 is 0 Å². The Bertz CT molecular complexity index is 717. The number of hydrogen-bond donors (Lipinski definition) is 1. The first-order chi connectivity index (χ1) is 15.1. The summed E-state index contributed by atoms with van der Waals surface area (Å²) in [7, 11) is 3.47. The maximum Gasteiger partial charge on any atom is 0.161 e. The standard InChI is InChI=1S/C26H42N2O3/c1-18(2)11-21-15-28-10-7-20-13-25(29-3)26(30-4)14-23(20)24(28)12-22(21)17-31-16-19-5-8-27-9-6-19/h13-14,18-19,21-22,24,27H,5-12,15-17H2,1-4H3. The van der Waals surface area contributed by atoms with Gasteiger partial charge in [0, 0.05) is 32.3 Å². The highest BCUT2D eigenvalue weighted by Gasteiger charge is 2.39. The number of methoxy groups -OCH3 is 2.